The molecule has 1 saturated heterocycles. The van der Waals surface area contributed by atoms with Gasteiger partial charge in [-0.25, -0.2) is 4.99 Å². The molecule has 3 rings (SSSR count). The van der Waals surface area contributed by atoms with Crippen molar-refractivity contribution < 1.29 is 0 Å². The van der Waals surface area contributed by atoms with Gasteiger partial charge in [0.15, 0.2) is 0 Å². The molecule has 3 nitrogen and oxygen atoms in total. The first-order chi connectivity index (χ1) is 8.42. The third-order valence-corrected chi connectivity index (χ3v) is 3.62. The van der Waals surface area contributed by atoms with E-state index in [0.29, 0.717) is 0 Å². The quantitative estimate of drug-likeness (QED) is 0.841. The maximum atomic E-state index is 4.52. The lowest BCUT2D eigenvalue weighted by Crippen LogP contribution is -2.38. The minimum absolute atomic E-state index is 0.778. The molecule has 2 aliphatic rings. The van der Waals surface area contributed by atoms with Crippen LogP contribution in [0.5, 0.6) is 0 Å². The van der Waals surface area contributed by atoms with Crippen LogP contribution in [0.1, 0.15) is 18.4 Å². The number of nitrogens with one attached hydrogen (secondary N) is 1. The number of aliphatic imine (C=N–C) groups is 1. The van der Waals surface area contributed by atoms with Crippen molar-refractivity contribution in [3.63, 3.8) is 0 Å². The average molecular weight is 229 g/mol. The number of fused-ring (bicyclic) bond motifs is 1. The molecule has 0 aromatic heterocycles. The second-order valence-electron chi connectivity index (χ2n) is 5.02. The molecular formula is C14H19N3. The first-order valence-electron chi connectivity index (χ1n) is 6.49. The van der Waals surface area contributed by atoms with Gasteiger partial charge in [0.05, 0.1) is 12.0 Å². The van der Waals surface area contributed by atoms with E-state index in [1.54, 1.807) is 0 Å². The summed E-state index contributed by atoms with van der Waals surface area (Å²) in [6, 6.07) is 8.42. The van der Waals surface area contributed by atoms with Crippen LogP contribution in [0.4, 0.5) is 5.69 Å². The molecular weight excluding hydrogens is 210 g/mol. The molecule has 17 heavy (non-hydrogen) atoms. The number of rotatable bonds is 2. The fourth-order valence-corrected chi connectivity index (χ4v) is 2.70. The summed E-state index contributed by atoms with van der Waals surface area (Å²) in [6.45, 7) is 4.49. The molecule has 0 amide bonds. The Morgan fingerprint density at radius 3 is 3.18 bits per heavy atom. The van der Waals surface area contributed by atoms with Crippen molar-refractivity contribution >= 4 is 12.0 Å². The van der Waals surface area contributed by atoms with Gasteiger partial charge in [0.1, 0.15) is 0 Å². The summed E-state index contributed by atoms with van der Waals surface area (Å²) >= 11 is 0. The molecule has 0 spiro atoms. The first kappa shape index (κ1) is 10.8. The Hall–Kier alpha value is -1.35. The van der Waals surface area contributed by atoms with Crippen molar-refractivity contribution in [1.82, 2.24) is 10.2 Å². The summed E-state index contributed by atoms with van der Waals surface area (Å²) in [5, 5.41) is 3.47. The molecule has 2 heterocycles. The van der Waals surface area contributed by atoms with Gasteiger partial charge in [-0.2, -0.15) is 0 Å². The lowest BCUT2D eigenvalue weighted by atomic mass is 9.99. The van der Waals surface area contributed by atoms with Crippen molar-refractivity contribution in [3.8, 4) is 0 Å². The van der Waals surface area contributed by atoms with Crippen LogP contribution in [0.2, 0.25) is 0 Å². The van der Waals surface area contributed by atoms with E-state index in [0.717, 1.165) is 31.2 Å². The predicted molar refractivity (Wildman–Crippen MR) is 70.6 cm³/mol. The largest absolute Gasteiger partial charge is 0.358 e. The van der Waals surface area contributed by atoms with Crippen molar-refractivity contribution in [1.29, 1.82) is 0 Å². The first-order valence-corrected chi connectivity index (χ1v) is 6.49. The highest BCUT2D eigenvalue weighted by molar-refractivity contribution is 5.66. The van der Waals surface area contributed by atoms with Gasteiger partial charge < -0.3 is 10.2 Å². The van der Waals surface area contributed by atoms with Gasteiger partial charge in [-0.3, -0.25) is 0 Å². The van der Waals surface area contributed by atoms with E-state index in [-0.39, 0.29) is 0 Å². The number of hydrogen-bond acceptors (Lipinski definition) is 3. The maximum Gasteiger partial charge on any atom is 0.0915 e. The molecule has 1 N–H and O–H groups in total. The minimum Gasteiger partial charge on any atom is -0.358 e. The fraction of sp³-hybridized carbons (Fsp3) is 0.500. The molecule has 2 aliphatic heterocycles. The van der Waals surface area contributed by atoms with E-state index in [1.165, 1.54) is 24.9 Å². The second kappa shape index (κ2) is 4.88. The van der Waals surface area contributed by atoms with E-state index in [4.69, 9.17) is 0 Å². The van der Waals surface area contributed by atoms with E-state index >= 15 is 0 Å². The highest BCUT2D eigenvalue weighted by Crippen LogP contribution is 2.24. The summed E-state index contributed by atoms with van der Waals surface area (Å²) in [5.74, 6) is 0.778. The second-order valence-corrected chi connectivity index (χ2v) is 5.02. The topological polar surface area (TPSA) is 27.6 Å². The van der Waals surface area contributed by atoms with Gasteiger partial charge in [-0.15, -0.1) is 0 Å². The highest BCUT2D eigenvalue weighted by Gasteiger charge is 2.18. The summed E-state index contributed by atoms with van der Waals surface area (Å²) < 4.78 is 0. The number of benzene rings is 1. The average Bonchev–Trinajstić information content (AvgIpc) is 2.40. The number of hydrogen-bond donors (Lipinski definition) is 1. The highest BCUT2D eigenvalue weighted by atomic mass is 15.2. The summed E-state index contributed by atoms with van der Waals surface area (Å²) in [4.78, 5) is 6.87. The molecule has 0 unspecified atom stereocenters. The SMILES string of the molecule is C1=Nc2ccccc2CN1C[C@@H]1CCCNC1. The number of nitrogens with zero attached hydrogens (tertiary/aromatic N) is 2. The van der Waals surface area contributed by atoms with Crippen molar-refractivity contribution in [3.05, 3.63) is 29.8 Å². The Morgan fingerprint density at radius 1 is 1.35 bits per heavy atom. The normalized spacial score (nSPS) is 23.5. The summed E-state index contributed by atoms with van der Waals surface area (Å²) in [5.41, 5.74) is 2.48. The van der Waals surface area contributed by atoms with Crippen molar-refractivity contribution in [2.75, 3.05) is 19.6 Å². The Bertz CT molecular complexity index is 408. The van der Waals surface area contributed by atoms with Gasteiger partial charge in [0, 0.05) is 13.1 Å². The number of piperidine rings is 1. The molecule has 90 valence electrons. The smallest absolute Gasteiger partial charge is 0.0915 e. The lowest BCUT2D eigenvalue weighted by Gasteiger charge is -2.30. The van der Waals surface area contributed by atoms with Crippen LogP contribution >= 0.6 is 0 Å². The van der Waals surface area contributed by atoms with Gasteiger partial charge in [-0.05, 0) is 43.5 Å². The Kier molecular flexibility index (Phi) is 3.10. The van der Waals surface area contributed by atoms with Crippen LogP contribution in [-0.4, -0.2) is 30.9 Å². The molecule has 0 radical (unpaired) electrons. The van der Waals surface area contributed by atoms with Crippen LogP contribution in [0.15, 0.2) is 29.3 Å². The molecule has 1 fully saturated rings. The summed E-state index contributed by atoms with van der Waals surface area (Å²) in [7, 11) is 0. The molecule has 1 atom stereocenters. The van der Waals surface area contributed by atoms with E-state index in [9.17, 15) is 0 Å². The van der Waals surface area contributed by atoms with Crippen molar-refractivity contribution in [2.24, 2.45) is 10.9 Å². The van der Waals surface area contributed by atoms with Gasteiger partial charge >= 0.3 is 0 Å². The summed E-state index contributed by atoms with van der Waals surface area (Å²) in [6.07, 6.45) is 4.67. The lowest BCUT2D eigenvalue weighted by molar-refractivity contribution is 0.285. The van der Waals surface area contributed by atoms with Crippen LogP contribution in [0.25, 0.3) is 0 Å². The monoisotopic (exact) mass is 229 g/mol. The third kappa shape index (κ3) is 2.50. The van der Waals surface area contributed by atoms with Gasteiger partial charge in [0.2, 0.25) is 0 Å². The zero-order chi connectivity index (χ0) is 11.5. The van der Waals surface area contributed by atoms with Gasteiger partial charge in [-0.1, -0.05) is 18.2 Å². The fourth-order valence-electron chi connectivity index (χ4n) is 2.70. The minimum atomic E-state index is 0.778. The van der Waals surface area contributed by atoms with Crippen LogP contribution in [0, 0.1) is 5.92 Å². The molecule has 1 aromatic carbocycles. The molecule has 0 saturated carbocycles. The van der Waals surface area contributed by atoms with Crippen LogP contribution in [-0.2, 0) is 6.54 Å². The van der Waals surface area contributed by atoms with Crippen LogP contribution in [0.3, 0.4) is 0 Å². The predicted octanol–water partition coefficient (Wildman–Crippen LogP) is 2.16. The van der Waals surface area contributed by atoms with E-state index in [1.807, 2.05) is 6.34 Å². The van der Waals surface area contributed by atoms with Crippen LogP contribution < -0.4 is 5.32 Å². The molecule has 3 heteroatoms. The Labute approximate surface area is 103 Å². The Morgan fingerprint density at radius 2 is 2.29 bits per heavy atom. The standard InChI is InChI=1S/C14H19N3/c1-2-6-14-13(5-1)10-17(11-16-14)9-12-4-3-7-15-8-12/h1-2,5-6,11-12,15H,3-4,7-10H2/t12-/m1/s1. The van der Waals surface area contributed by atoms with Gasteiger partial charge in [0.25, 0.3) is 0 Å². The number of para-hydroxylation sites is 1. The van der Waals surface area contributed by atoms with Crippen molar-refractivity contribution in [2.45, 2.75) is 19.4 Å². The molecule has 0 bridgehead atoms. The van der Waals surface area contributed by atoms with E-state index < -0.39 is 0 Å². The van der Waals surface area contributed by atoms with E-state index in [2.05, 4.69) is 39.5 Å². The maximum absolute atomic E-state index is 4.52. The Balaban J connectivity index is 1.64. The zero-order valence-electron chi connectivity index (χ0n) is 10.1. The molecule has 1 aromatic rings. The third-order valence-electron chi connectivity index (χ3n) is 3.62. The zero-order valence-corrected chi connectivity index (χ0v) is 10.1. The molecule has 0 aliphatic carbocycles.